The van der Waals surface area contributed by atoms with E-state index in [1.165, 1.54) is 5.56 Å². The van der Waals surface area contributed by atoms with E-state index in [0.717, 1.165) is 10.2 Å². The molecule has 0 fully saturated rings. The van der Waals surface area contributed by atoms with Crippen LogP contribution in [-0.2, 0) is 5.41 Å². The van der Waals surface area contributed by atoms with E-state index < -0.39 is 0 Å². The summed E-state index contributed by atoms with van der Waals surface area (Å²) in [5, 5.41) is 3.10. The van der Waals surface area contributed by atoms with Gasteiger partial charge in [0.05, 0.1) is 6.54 Å². The number of nitrogens with zero attached hydrogens (tertiary/aromatic N) is 1. The third-order valence-corrected chi connectivity index (χ3v) is 3.99. The summed E-state index contributed by atoms with van der Waals surface area (Å²) in [7, 11) is 0. The van der Waals surface area contributed by atoms with Crippen LogP contribution in [0.3, 0.4) is 0 Å². The van der Waals surface area contributed by atoms with Gasteiger partial charge in [0, 0.05) is 15.6 Å². The van der Waals surface area contributed by atoms with Crippen molar-refractivity contribution >= 4 is 51.6 Å². The number of hydrogen-bond acceptors (Lipinski definition) is 1. The molecule has 0 spiro atoms. The average Bonchev–Trinajstić information content (AvgIpc) is 2.47. The van der Waals surface area contributed by atoms with Crippen molar-refractivity contribution in [3.8, 4) is 0 Å². The number of halogens is 2. The predicted octanol–water partition coefficient (Wildman–Crippen LogP) is 4.77. The first kappa shape index (κ1) is 19.0. The molecule has 2 aromatic carbocycles. The molecule has 0 amide bonds. The van der Waals surface area contributed by atoms with Crippen molar-refractivity contribution in [1.29, 1.82) is 0 Å². The second kappa shape index (κ2) is 8.53. The second-order valence-corrected chi connectivity index (χ2v) is 6.41. The van der Waals surface area contributed by atoms with Crippen molar-refractivity contribution in [2.24, 2.45) is 10.7 Å². The summed E-state index contributed by atoms with van der Waals surface area (Å²) in [5.74, 6) is 0.432. The van der Waals surface area contributed by atoms with Crippen LogP contribution in [0.2, 0.25) is 0 Å². The van der Waals surface area contributed by atoms with Crippen LogP contribution in [0, 0.1) is 0 Å². The van der Waals surface area contributed by atoms with Crippen molar-refractivity contribution in [1.82, 2.24) is 0 Å². The number of rotatable bonds is 4. The molecule has 0 aliphatic heterocycles. The van der Waals surface area contributed by atoms with Gasteiger partial charge in [-0.05, 0) is 23.8 Å². The van der Waals surface area contributed by atoms with Gasteiger partial charge in [-0.2, -0.15) is 0 Å². The molecule has 3 nitrogen and oxygen atoms in total. The lowest BCUT2D eigenvalue weighted by Gasteiger charge is -2.24. The number of aliphatic imine (C=N–C) groups is 1. The Bertz CT molecular complexity index is 627. The minimum Gasteiger partial charge on any atom is -0.370 e. The molecule has 118 valence electrons. The Morgan fingerprint density at radius 2 is 1.68 bits per heavy atom. The second-order valence-electron chi connectivity index (χ2n) is 5.56. The Morgan fingerprint density at radius 1 is 1.09 bits per heavy atom. The van der Waals surface area contributed by atoms with Crippen LogP contribution in [0.1, 0.15) is 19.4 Å². The van der Waals surface area contributed by atoms with E-state index in [4.69, 9.17) is 5.73 Å². The first-order valence-electron chi connectivity index (χ1n) is 6.86. The Balaban J connectivity index is 0.00000242. The fourth-order valence-corrected chi connectivity index (χ4v) is 2.91. The number of nitrogens with one attached hydrogen (secondary N) is 1. The number of nitrogens with two attached hydrogens (primary N) is 1. The van der Waals surface area contributed by atoms with E-state index in [0.29, 0.717) is 12.5 Å². The lowest BCUT2D eigenvalue weighted by atomic mass is 9.85. The zero-order valence-corrected chi connectivity index (χ0v) is 16.6. The van der Waals surface area contributed by atoms with E-state index in [1.54, 1.807) is 0 Å². The molecular formula is C17H21BrIN3. The highest BCUT2D eigenvalue weighted by atomic mass is 127. The highest BCUT2D eigenvalue weighted by Gasteiger charge is 2.22. The summed E-state index contributed by atoms with van der Waals surface area (Å²) in [5.41, 5.74) is 8.03. The molecule has 0 unspecified atom stereocenters. The smallest absolute Gasteiger partial charge is 0.193 e. The quantitative estimate of drug-likeness (QED) is 0.381. The SMILES string of the molecule is CC(C)(CN=C(N)Nc1ccccc1)c1ccccc1Br.I. The van der Waals surface area contributed by atoms with Gasteiger partial charge in [0.2, 0.25) is 0 Å². The first-order valence-corrected chi connectivity index (χ1v) is 7.65. The molecule has 2 rings (SSSR count). The zero-order valence-electron chi connectivity index (χ0n) is 12.7. The van der Waals surface area contributed by atoms with Crippen LogP contribution < -0.4 is 11.1 Å². The minimum absolute atomic E-state index is 0. The number of benzene rings is 2. The standard InChI is InChI=1S/C17H20BrN3.HI/c1-17(2,14-10-6-7-11-15(14)18)12-20-16(19)21-13-8-4-3-5-9-13;/h3-11H,12H2,1-2H3,(H3,19,20,21);1H. The molecular weight excluding hydrogens is 453 g/mol. The molecule has 0 aliphatic carbocycles. The molecule has 0 aliphatic rings. The number of anilines is 1. The lowest BCUT2D eigenvalue weighted by molar-refractivity contribution is 0.537. The van der Waals surface area contributed by atoms with Gasteiger partial charge < -0.3 is 11.1 Å². The van der Waals surface area contributed by atoms with Crippen molar-refractivity contribution in [3.05, 3.63) is 64.6 Å². The van der Waals surface area contributed by atoms with Gasteiger partial charge in [0.15, 0.2) is 5.96 Å². The molecule has 0 bridgehead atoms. The highest BCUT2D eigenvalue weighted by Crippen LogP contribution is 2.30. The Morgan fingerprint density at radius 3 is 2.32 bits per heavy atom. The lowest BCUT2D eigenvalue weighted by Crippen LogP contribution is -2.28. The zero-order chi connectivity index (χ0) is 15.3. The monoisotopic (exact) mass is 473 g/mol. The third kappa shape index (κ3) is 5.28. The summed E-state index contributed by atoms with van der Waals surface area (Å²) in [6, 6.07) is 18.0. The molecule has 0 aromatic heterocycles. The van der Waals surface area contributed by atoms with Crippen molar-refractivity contribution in [2.75, 3.05) is 11.9 Å². The van der Waals surface area contributed by atoms with E-state index in [9.17, 15) is 0 Å². The maximum Gasteiger partial charge on any atom is 0.193 e. The van der Waals surface area contributed by atoms with Crippen LogP contribution in [0.15, 0.2) is 64.1 Å². The van der Waals surface area contributed by atoms with Gasteiger partial charge in [-0.25, -0.2) is 0 Å². The maximum absolute atomic E-state index is 5.96. The number of para-hydroxylation sites is 1. The molecule has 22 heavy (non-hydrogen) atoms. The van der Waals surface area contributed by atoms with Crippen molar-refractivity contribution < 1.29 is 0 Å². The highest BCUT2D eigenvalue weighted by molar-refractivity contribution is 14.0. The molecule has 3 N–H and O–H groups in total. The Labute approximate surface area is 157 Å². The molecule has 0 saturated carbocycles. The van der Waals surface area contributed by atoms with E-state index in [2.05, 4.69) is 46.2 Å². The minimum atomic E-state index is -0.0942. The number of hydrogen-bond donors (Lipinski definition) is 2. The Hall–Kier alpha value is -1.08. The van der Waals surface area contributed by atoms with E-state index in [-0.39, 0.29) is 29.4 Å². The van der Waals surface area contributed by atoms with E-state index in [1.807, 2.05) is 48.5 Å². The summed E-state index contributed by atoms with van der Waals surface area (Å²) in [4.78, 5) is 4.47. The third-order valence-electron chi connectivity index (χ3n) is 3.29. The van der Waals surface area contributed by atoms with Crippen molar-refractivity contribution in [3.63, 3.8) is 0 Å². The van der Waals surface area contributed by atoms with Gasteiger partial charge in [0.25, 0.3) is 0 Å². The topological polar surface area (TPSA) is 50.4 Å². The van der Waals surface area contributed by atoms with E-state index >= 15 is 0 Å². The van der Waals surface area contributed by atoms with Crippen LogP contribution >= 0.6 is 39.9 Å². The summed E-state index contributed by atoms with van der Waals surface area (Å²) in [6.45, 7) is 4.93. The fraction of sp³-hybridized carbons (Fsp3) is 0.235. The van der Waals surface area contributed by atoms with Gasteiger partial charge in [-0.15, -0.1) is 24.0 Å². The van der Waals surface area contributed by atoms with Gasteiger partial charge in [-0.3, -0.25) is 4.99 Å². The van der Waals surface area contributed by atoms with Gasteiger partial charge >= 0.3 is 0 Å². The van der Waals surface area contributed by atoms with Crippen LogP contribution in [0.5, 0.6) is 0 Å². The molecule has 0 radical (unpaired) electrons. The number of guanidine groups is 1. The first-order chi connectivity index (χ1) is 9.99. The molecule has 2 aromatic rings. The average molecular weight is 474 g/mol. The molecule has 0 saturated heterocycles. The van der Waals surface area contributed by atoms with Crippen molar-refractivity contribution in [2.45, 2.75) is 19.3 Å². The van der Waals surface area contributed by atoms with Gasteiger partial charge in [0.1, 0.15) is 0 Å². The molecule has 5 heteroatoms. The maximum atomic E-state index is 5.96. The Kier molecular flexibility index (Phi) is 7.35. The fourth-order valence-electron chi connectivity index (χ4n) is 2.09. The summed E-state index contributed by atoms with van der Waals surface area (Å²) in [6.07, 6.45) is 0. The van der Waals surface area contributed by atoms with Gasteiger partial charge in [-0.1, -0.05) is 66.2 Å². The van der Waals surface area contributed by atoms with Crippen LogP contribution in [0.4, 0.5) is 5.69 Å². The molecule has 0 heterocycles. The summed E-state index contributed by atoms with van der Waals surface area (Å²) >= 11 is 3.60. The summed E-state index contributed by atoms with van der Waals surface area (Å²) < 4.78 is 1.10. The largest absolute Gasteiger partial charge is 0.370 e. The van der Waals surface area contributed by atoms with Crippen LogP contribution in [-0.4, -0.2) is 12.5 Å². The normalized spacial score (nSPS) is 11.7. The predicted molar refractivity (Wildman–Crippen MR) is 109 cm³/mol. The van der Waals surface area contributed by atoms with Crippen LogP contribution in [0.25, 0.3) is 0 Å². The molecule has 0 atom stereocenters.